The van der Waals surface area contributed by atoms with Crippen molar-refractivity contribution in [2.75, 3.05) is 0 Å². The van der Waals surface area contributed by atoms with Crippen molar-refractivity contribution in [2.45, 2.75) is 18.9 Å². The number of amides is 1. The maximum absolute atomic E-state index is 11.2. The van der Waals surface area contributed by atoms with Gasteiger partial charge < -0.3 is 0 Å². The van der Waals surface area contributed by atoms with Gasteiger partial charge in [0.1, 0.15) is 0 Å². The molecule has 4 nitrogen and oxygen atoms in total. The van der Waals surface area contributed by atoms with Gasteiger partial charge in [-0.05, 0) is 12.8 Å². The molecule has 1 saturated heterocycles. The van der Waals surface area contributed by atoms with Gasteiger partial charge in [-0.25, -0.2) is 5.48 Å². The second-order valence-electron chi connectivity index (χ2n) is 3.00. The van der Waals surface area contributed by atoms with Gasteiger partial charge >= 0.3 is 5.91 Å². The number of Topliss-reactive ketones (excluding diaryl/α,β-unsaturated/α-hetero) is 1. The molecule has 64 valence electrons. The number of allylic oxidation sites excluding steroid dienone is 1. The number of rotatable bonds is 0. The topological polar surface area (TPSA) is 55.4 Å². The summed E-state index contributed by atoms with van der Waals surface area (Å²) >= 11 is 0. The Kier molecular flexibility index (Phi) is 1.69. The normalized spacial score (nSPS) is 34.3. The molecular weight excluding hydrogens is 158 g/mol. The zero-order valence-corrected chi connectivity index (χ0v) is 6.45. The number of ketones is 1. The van der Waals surface area contributed by atoms with Gasteiger partial charge in [-0.3, -0.25) is 14.4 Å². The fourth-order valence-corrected chi connectivity index (χ4v) is 1.54. The molecule has 1 fully saturated rings. The van der Waals surface area contributed by atoms with E-state index in [-0.39, 0.29) is 17.8 Å². The van der Waals surface area contributed by atoms with E-state index in [9.17, 15) is 9.59 Å². The van der Waals surface area contributed by atoms with Crippen LogP contribution < -0.4 is 5.48 Å². The summed E-state index contributed by atoms with van der Waals surface area (Å²) in [5, 5.41) is 0. The Morgan fingerprint density at radius 2 is 2.08 bits per heavy atom. The average molecular weight is 167 g/mol. The molecule has 0 aromatic heterocycles. The molecule has 0 saturated carbocycles. The molecule has 1 aliphatic heterocycles. The molecule has 4 heteroatoms. The van der Waals surface area contributed by atoms with Crippen molar-refractivity contribution >= 4 is 11.7 Å². The quantitative estimate of drug-likeness (QED) is 0.406. The number of carbonyl (C=O) groups is 2. The van der Waals surface area contributed by atoms with Gasteiger partial charge in [0.15, 0.2) is 0 Å². The molecule has 2 atom stereocenters. The lowest BCUT2D eigenvalue weighted by Gasteiger charge is -2.30. The SMILES string of the molecule is O=C1NOC2CC=CCC2C1=O. The van der Waals surface area contributed by atoms with Crippen LogP contribution in [0.3, 0.4) is 0 Å². The van der Waals surface area contributed by atoms with Gasteiger partial charge in [0.05, 0.1) is 12.0 Å². The van der Waals surface area contributed by atoms with E-state index in [0.717, 1.165) is 0 Å². The van der Waals surface area contributed by atoms with E-state index >= 15 is 0 Å². The molecule has 12 heavy (non-hydrogen) atoms. The zero-order valence-electron chi connectivity index (χ0n) is 6.45. The lowest BCUT2D eigenvalue weighted by Crippen LogP contribution is -2.50. The van der Waals surface area contributed by atoms with Crippen LogP contribution in [0.5, 0.6) is 0 Å². The highest BCUT2D eigenvalue weighted by atomic mass is 16.7. The molecule has 0 aromatic carbocycles. The molecule has 2 unspecified atom stereocenters. The fourth-order valence-electron chi connectivity index (χ4n) is 1.54. The minimum atomic E-state index is -0.619. The molecule has 0 bridgehead atoms. The number of carbonyl (C=O) groups excluding carboxylic acids is 2. The highest BCUT2D eigenvalue weighted by Crippen LogP contribution is 2.24. The predicted octanol–water partition coefficient (Wildman–Crippen LogP) is -0.0483. The van der Waals surface area contributed by atoms with Gasteiger partial charge in [-0.1, -0.05) is 12.2 Å². The summed E-state index contributed by atoms with van der Waals surface area (Å²) in [6.45, 7) is 0. The fraction of sp³-hybridized carbons (Fsp3) is 0.500. The first kappa shape index (κ1) is 7.49. The Morgan fingerprint density at radius 1 is 1.33 bits per heavy atom. The maximum atomic E-state index is 11.2. The second kappa shape index (κ2) is 2.71. The lowest BCUT2D eigenvalue weighted by molar-refractivity contribution is -0.166. The summed E-state index contributed by atoms with van der Waals surface area (Å²) in [6, 6.07) is 0. The van der Waals surface area contributed by atoms with Crippen molar-refractivity contribution in [3.05, 3.63) is 12.2 Å². The summed E-state index contributed by atoms with van der Waals surface area (Å²) in [7, 11) is 0. The van der Waals surface area contributed by atoms with Crippen molar-refractivity contribution in [2.24, 2.45) is 5.92 Å². The third kappa shape index (κ3) is 1.04. The van der Waals surface area contributed by atoms with Crippen LogP contribution in [0.4, 0.5) is 0 Å². The van der Waals surface area contributed by atoms with Crippen LogP contribution in [0.15, 0.2) is 12.2 Å². The van der Waals surface area contributed by atoms with Gasteiger partial charge in [0.2, 0.25) is 5.78 Å². The van der Waals surface area contributed by atoms with Crippen LogP contribution in [-0.4, -0.2) is 17.8 Å². The van der Waals surface area contributed by atoms with Gasteiger partial charge in [-0.2, -0.15) is 0 Å². The van der Waals surface area contributed by atoms with Crippen molar-refractivity contribution in [3.8, 4) is 0 Å². The van der Waals surface area contributed by atoms with Crippen molar-refractivity contribution in [1.82, 2.24) is 5.48 Å². The Labute approximate surface area is 69.5 Å². The van der Waals surface area contributed by atoms with Crippen LogP contribution >= 0.6 is 0 Å². The van der Waals surface area contributed by atoms with Crippen LogP contribution in [0, 0.1) is 5.92 Å². The molecule has 2 rings (SSSR count). The number of nitrogens with one attached hydrogen (secondary N) is 1. The summed E-state index contributed by atoms with van der Waals surface area (Å²) in [4.78, 5) is 27.1. The highest BCUT2D eigenvalue weighted by Gasteiger charge is 2.38. The molecule has 0 aromatic rings. The zero-order chi connectivity index (χ0) is 8.55. The van der Waals surface area contributed by atoms with E-state index in [4.69, 9.17) is 4.84 Å². The second-order valence-corrected chi connectivity index (χ2v) is 3.00. The third-order valence-electron chi connectivity index (χ3n) is 2.24. The minimum absolute atomic E-state index is 0.153. The maximum Gasteiger partial charge on any atom is 0.311 e. The molecule has 0 spiro atoms. The van der Waals surface area contributed by atoms with E-state index in [2.05, 4.69) is 5.48 Å². The first-order valence-corrected chi connectivity index (χ1v) is 3.94. The van der Waals surface area contributed by atoms with Crippen LogP contribution in [0.2, 0.25) is 0 Å². The summed E-state index contributed by atoms with van der Waals surface area (Å²) in [5.41, 5.74) is 2.11. The summed E-state index contributed by atoms with van der Waals surface area (Å²) in [6.07, 6.45) is 5.06. The van der Waals surface area contributed by atoms with Crippen molar-refractivity contribution in [1.29, 1.82) is 0 Å². The Bertz CT molecular complexity index is 259. The van der Waals surface area contributed by atoms with E-state index in [1.165, 1.54) is 0 Å². The Hall–Kier alpha value is -1.16. The summed E-state index contributed by atoms with van der Waals surface area (Å²) in [5.74, 6) is -1.23. The molecule has 1 N–H and O–H groups in total. The number of hydroxylamine groups is 1. The third-order valence-corrected chi connectivity index (χ3v) is 2.24. The van der Waals surface area contributed by atoms with Crippen molar-refractivity contribution in [3.63, 3.8) is 0 Å². The van der Waals surface area contributed by atoms with Crippen LogP contribution in [0.1, 0.15) is 12.8 Å². The average Bonchev–Trinajstić information content (AvgIpc) is 2.12. The Morgan fingerprint density at radius 3 is 2.92 bits per heavy atom. The molecule has 0 radical (unpaired) electrons. The number of fused-ring (bicyclic) bond motifs is 1. The number of hydrogen-bond donors (Lipinski definition) is 1. The van der Waals surface area contributed by atoms with E-state index < -0.39 is 5.91 Å². The largest absolute Gasteiger partial charge is 0.311 e. The molecular formula is C8H9NO3. The number of hydrogen-bond acceptors (Lipinski definition) is 3. The molecule has 2 aliphatic rings. The molecule has 1 amide bonds. The minimum Gasteiger partial charge on any atom is -0.288 e. The van der Waals surface area contributed by atoms with E-state index in [1.54, 1.807) is 0 Å². The predicted molar refractivity (Wildman–Crippen MR) is 39.9 cm³/mol. The molecule has 1 aliphatic carbocycles. The standard InChI is InChI=1S/C8H9NO3/c10-7-5-3-1-2-4-6(5)12-9-8(7)11/h1-2,5-6H,3-4H2,(H,9,11). The van der Waals surface area contributed by atoms with Gasteiger partial charge in [-0.15, -0.1) is 0 Å². The molecule has 1 heterocycles. The first-order valence-electron chi connectivity index (χ1n) is 3.94. The van der Waals surface area contributed by atoms with E-state index in [0.29, 0.717) is 12.8 Å². The smallest absolute Gasteiger partial charge is 0.288 e. The monoisotopic (exact) mass is 167 g/mol. The van der Waals surface area contributed by atoms with Gasteiger partial charge in [0.25, 0.3) is 0 Å². The van der Waals surface area contributed by atoms with Crippen LogP contribution in [0.25, 0.3) is 0 Å². The Balaban J connectivity index is 2.20. The van der Waals surface area contributed by atoms with E-state index in [1.807, 2.05) is 12.2 Å². The van der Waals surface area contributed by atoms with Crippen molar-refractivity contribution < 1.29 is 14.4 Å². The summed E-state index contributed by atoms with van der Waals surface area (Å²) < 4.78 is 0. The first-order chi connectivity index (χ1) is 5.79. The van der Waals surface area contributed by atoms with Gasteiger partial charge in [0, 0.05) is 0 Å². The van der Waals surface area contributed by atoms with Crippen LogP contribution in [-0.2, 0) is 14.4 Å². The lowest BCUT2D eigenvalue weighted by atomic mass is 9.87. The highest BCUT2D eigenvalue weighted by molar-refractivity contribution is 6.37.